The average Bonchev–Trinajstić information content (AvgIpc) is 3.09. The second kappa shape index (κ2) is 7.30. The number of allylic oxidation sites excluding steroid dienone is 1. The molecule has 0 aliphatic carbocycles. The molecule has 3 N–H and O–H groups in total. The Kier molecular flexibility index (Phi) is 4.92. The van der Waals surface area contributed by atoms with Crippen molar-refractivity contribution in [3.05, 3.63) is 68.9 Å². The Hall–Kier alpha value is -3.29. The third kappa shape index (κ3) is 3.26. The van der Waals surface area contributed by atoms with E-state index < -0.39 is 17.1 Å². The van der Waals surface area contributed by atoms with Gasteiger partial charge < -0.3 is 15.3 Å². The highest BCUT2D eigenvalue weighted by atomic mass is 16.5. The minimum absolute atomic E-state index is 0.00705. The SMILES string of the molecule is C=CCn1c(O)c(C2=NN[C@@H](c3ccc(OCC)cc3)C2)c(=O)[nH]c1=O. The van der Waals surface area contributed by atoms with Crippen molar-refractivity contribution in [2.24, 2.45) is 5.10 Å². The largest absolute Gasteiger partial charge is 0.494 e. The second-order valence-corrected chi connectivity index (χ2v) is 5.80. The van der Waals surface area contributed by atoms with Gasteiger partial charge in [0, 0.05) is 13.0 Å². The predicted molar refractivity (Wildman–Crippen MR) is 97.8 cm³/mol. The molecule has 0 fully saturated rings. The highest BCUT2D eigenvalue weighted by Gasteiger charge is 2.27. The monoisotopic (exact) mass is 356 g/mol. The van der Waals surface area contributed by atoms with Crippen LogP contribution in [0.15, 0.2) is 51.6 Å². The molecular weight excluding hydrogens is 336 g/mol. The highest BCUT2D eigenvalue weighted by Crippen LogP contribution is 2.27. The van der Waals surface area contributed by atoms with Crippen LogP contribution in [-0.4, -0.2) is 27.0 Å². The fourth-order valence-electron chi connectivity index (χ4n) is 2.87. The van der Waals surface area contributed by atoms with Gasteiger partial charge in [0.25, 0.3) is 5.56 Å². The standard InChI is InChI=1S/C18H20N4O4/c1-3-9-22-17(24)15(16(23)19-18(22)25)14-10-13(20-21-14)11-5-7-12(8-6-11)26-4-2/h3,5-8,13,20,24H,1,4,9-10H2,2H3,(H,19,23,25)/t13-/m1/s1. The minimum Gasteiger partial charge on any atom is -0.494 e. The molecule has 0 amide bonds. The van der Waals surface area contributed by atoms with Crippen LogP contribution in [0.3, 0.4) is 0 Å². The maximum atomic E-state index is 12.2. The van der Waals surface area contributed by atoms with Crippen LogP contribution in [0.1, 0.15) is 30.5 Å². The second-order valence-electron chi connectivity index (χ2n) is 5.80. The Morgan fingerprint density at radius 3 is 2.77 bits per heavy atom. The summed E-state index contributed by atoms with van der Waals surface area (Å²) in [5.41, 5.74) is 2.97. The van der Waals surface area contributed by atoms with E-state index in [1.807, 2.05) is 31.2 Å². The molecule has 0 spiro atoms. The first-order valence-corrected chi connectivity index (χ1v) is 8.27. The molecule has 0 saturated heterocycles. The molecule has 2 heterocycles. The number of ether oxygens (including phenoxy) is 1. The van der Waals surface area contributed by atoms with Gasteiger partial charge in [-0.05, 0) is 24.6 Å². The van der Waals surface area contributed by atoms with Crippen molar-refractivity contribution in [3.63, 3.8) is 0 Å². The van der Waals surface area contributed by atoms with Gasteiger partial charge in [0.1, 0.15) is 11.3 Å². The fraction of sp³-hybridized carbons (Fsp3) is 0.278. The molecule has 3 rings (SSSR count). The summed E-state index contributed by atoms with van der Waals surface area (Å²) >= 11 is 0. The molecule has 26 heavy (non-hydrogen) atoms. The van der Waals surface area contributed by atoms with Crippen molar-refractivity contribution in [2.45, 2.75) is 25.9 Å². The van der Waals surface area contributed by atoms with E-state index in [0.717, 1.165) is 15.9 Å². The summed E-state index contributed by atoms with van der Waals surface area (Å²) in [5, 5.41) is 14.6. The van der Waals surface area contributed by atoms with Gasteiger partial charge in [0.05, 0.1) is 18.4 Å². The number of aromatic amines is 1. The third-order valence-electron chi connectivity index (χ3n) is 4.12. The van der Waals surface area contributed by atoms with Gasteiger partial charge in [-0.1, -0.05) is 18.2 Å². The molecule has 1 atom stereocenters. The van der Waals surface area contributed by atoms with Crippen LogP contribution >= 0.6 is 0 Å². The van der Waals surface area contributed by atoms with Crippen LogP contribution in [0.25, 0.3) is 0 Å². The van der Waals surface area contributed by atoms with Crippen molar-refractivity contribution in [2.75, 3.05) is 6.61 Å². The van der Waals surface area contributed by atoms with Gasteiger partial charge in [-0.2, -0.15) is 5.10 Å². The summed E-state index contributed by atoms with van der Waals surface area (Å²) in [5.74, 6) is 0.368. The average molecular weight is 356 g/mol. The third-order valence-corrected chi connectivity index (χ3v) is 4.12. The summed E-state index contributed by atoms with van der Waals surface area (Å²) in [4.78, 5) is 26.2. The molecule has 1 aromatic heterocycles. The Morgan fingerprint density at radius 2 is 2.12 bits per heavy atom. The van der Waals surface area contributed by atoms with E-state index in [1.165, 1.54) is 6.08 Å². The van der Waals surface area contributed by atoms with Crippen LogP contribution in [-0.2, 0) is 6.54 Å². The Morgan fingerprint density at radius 1 is 1.38 bits per heavy atom. The maximum absolute atomic E-state index is 12.2. The molecular formula is C18H20N4O4. The van der Waals surface area contributed by atoms with Crippen molar-refractivity contribution < 1.29 is 9.84 Å². The number of hydrazone groups is 1. The van der Waals surface area contributed by atoms with Crippen LogP contribution < -0.4 is 21.4 Å². The number of hydrogen-bond donors (Lipinski definition) is 3. The smallest absolute Gasteiger partial charge is 0.331 e. The van der Waals surface area contributed by atoms with Crippen LogP contribution in [0, 0.1) is 0 Å². The van der Waals surface area contributed by atoms with Crippen LogP contribution in [0.5, 0.6) is 11.6 Å². The minimum atomic E-state index is -0.689. The summed E-state index contributed by atoms with van der Waals surface area (Å²) < 4.78 is 6.46. The number of nitrogens with one attached hydrogen (secondary N) is 2. The number of aromatic hydroxyl groups is 1. The van der Waals surface area contributed by atoms with E-state index in [9.17, 15) is 14.7 Å². The quantitative estimate of drug-likeness (QED) is 0.675. The highest BCUT2D eigenvalue weighted by molar-refractivity contribution is 6.03. The maximum Gasteiger partial charge on any atom is 0.331 e. The number of hydrogen-bond acceptors (Lipinski definition) is 6. The van der Waals surface area contributed by atoms with E-state index in [1.54, 1.807) is 0 Å². The van der Waals surface area contributed by atoms with Gasteiger partial charge in [-0.3, -0.25) is 14.3 Å². The Labute approximate surface area is 149 Å². The Balaban J connectivity index is 1.87. The van der Waals surface area contributed by atoms with E-state index in [0.29, 0.717) is 18.7 Å². The van der Waals surface area contributed by atoms with Crippen molar-refractivity contribution in [3.8, 4) is 11.6 Å². The van der Waals surface area contributed by atoms with E-state index in [-0.39, 0.29) is 18.2 Å². The molecule has 0 unspecified atom stereocenters. The molecule has 0 saturated carbocycles. The number of H-pyrrole nitrogens is 1. The lowest BCUT2D eigenvalue weighted by Crippen LogP contribution is -2.33. The van der Waals surface area contributed by atoms with Gasteiger partial charge in [-0.15, -0.1) is 6.58 Å². The van der Waals surface area contributed by atoms with Crippen molar-refractivity contribution in [1.29, 1.82) is 0 Å². The fourth-order valence-corrected chi connectivity index (χ4v) is 2.87. The summed E-state index contributed by atoms with van der Waals surface area (Å²) in [6, 6.07) is 7.44. The molecule has 8 nitrogen and oxygen atoms in total. The number of aromatic nitrogens is 2. The Bertz CT molecular complexity index is 957. The summed E-state index contributed by atoms with van der Waals surface area (Å²) in [6.07, 6.45) is 1.86. The zero-order valence-electron chi connectivity index (χ0n) is 14.4. The molecule has 1 aliphatic heterocycles. The van der Waals surface area contributed by atoms with Crippen LogP contribution in [0.2, 0.25) is 0 Å². The molecule has 2 aromatic rings. The first-order valence-electron chi connectivity index (χ1n) is 8.27. The molecule has 0 radical (unpaired) electrons. The first kappa shape index (κ1) is 17.5. The molecule has 1 aromatic carbocycles. The summed E-state index contributed by atoms with van der Waals surface area (Å²) in [7, 11) is 0. The van der Waals surface area contributed by atoms with Crippen molar-refractivity contribution in [1.82, 2.24) is 15.0 Å². The molecule has 136 valence electrons. The van der Waals surface area contributed by atoms with Gasteiger partial charge in [-0.25, -0.2) is 4.79 Å². The molecule has 8 heteroatoms. The normalized spacial score (nSPS) is 16.0. The van der Waals surface area contributed by atoms with Crippen LogP contribution in [0.4, 0.5) is 0 Å². The number of benzene rings is 1. The lowest BCUT2D eigenvalue weighted by atomic mass is 10.00. The lowest BCUT2D eigenvalue weighted by molar-refractivity contribution is 0.340. The van der Waals surface area contributed by atoms with E-state index in [2.05, 4.69) is 22.1 Å². The molecule has 1 aliphatic rings. The summed E-state index contributed by atoms with van der Waals surface area (Å²) in [6.45, 7) is 6.14. The van der Waals surface area contributed by atoms with E-state index >= 15 is 0 Å². The predicted octanol–water partition coefficient (Wildman–Crippen LogP) is 1.27. The number of rotatable bonds is 6. The van der Waals surface area contributed by atoms with Gasteiger partial charge in [0.2, 0.25) is 5.88 Å². The zero-order chi connectivity index (χ0) is 18.7. The van der Waals surface area contributed by atoms with Gasteiger partial charge >= 0.3 is 5.69 Å². The lowest BCUT2D eigenvalue weighted by Gasteiger charge is -2.12. The van der Waals surface area contributed by atoms with E-state index in [4.69, 9.17) is 4.74 Å². The number of nitrogens with zero attached hydrogens (tertiary/aromatic N) is 2. The molecule has 0 bridgehead atoms. The first-order chi connectivity index (χ1) is 12.5. The van der Waals surface area contributed by atoms with Gasteiger partial charge in [0.15, 0.2) is 0 Å². The zero-order valence-corrected chi connectivity index (χ0v) is 14.4. The topological polar surface area (TPSA) is 109 Å². The van der Waals surface area contributed by atoms with Crippen molar-refractivity contribution >= 4 is 5.71 Å².